The molecule has 6 nitrogen and oxygen atoms in total. The Hall–Kier alpha value is -1.80. The van der Waals surface area contributed by atoms with Crippen LogP contribution in [0.15, 0.2) is 48.5 Å². The van der Waals surface area contributed by atoms with E-state index < -0.39 is 36.1 Å². The van der Waals surface area contributed by atoms with E-state index in [0.717, 1.165) is 49.7 Å². The van der Waals surface area contributed by atoms with E-state index >= 15 is 0 Å². The fourth-order valence-corrected chi connectivity index (χ4v) is 4.77. The lowest BCUT2D eigenvalue weighted by Crippen LogP contribution is -2.66. The highest BCUT2D eigenvalue weighted by Crippen LogP contribution is 2.34. The SMILES string of the molecule is CCCCc1ccc(CC(O)(CC)[C@@H](O)[C@@](O)(Cc2ccc(CCCC)cc2)[C@H](O)[C@@H](O)CO)cc1. The third kappa shape index (κ3) is 7.85. The average molecular weight is 503 g/mol. The Morgan fingerprint density at radius 2 is 1.08 bits per heavy atom. The van der Waals surface area contributed by atoms with Gasteiger partial charge in [0, 0.05) is 12.8 Å². The number of aliphatic hydroxyl groups excluding tert-OH is 4. The van der Waals surface area contributed by atoms with Crippen LogP contribution in [0, 0.1) is 0 Å². The summed E-state index contributed by atoms with van der Waals surface area (Å²) < 4.78 is 0. The van der Waals surface area contributed by atoms with Gasteiger partial charge in [0.05, 0.1) is 12.2 Å². The second-order valence-corrected chi connectivity index (χ2v) is 10.2. The monoisotopic (exact) mass is 502 g/mol. The zero-order chi connectivity index (χ0) is 26.8. The molecule has 2 aromatic rings. The van der Waals surface area contributed by atoms with E-state index in [1.165, 1.54) is 5.56 Å². The Balaban J connectivity index is 2.33. The van der Waals surface area contributed by atoms with Gasteiger partial charge in [-0.1, -0.05) is 82.1 Å². The van der Waals surface area contributed by atoms with Crippen molar-refractivity contribution in [3.63, 3.8) is 0 Å². The molecule has 0 saturated carbocycles. The molecule has 0 aliphatic heterocycles. The van der Waals surface area contributed by atoms with Crippen LogP contribution in [0.3, 0.4) is 0 Å². The summed E-state index contributed by atoms with van der Waals surface area (Å²) in [4.78, 5) is 0. The van der Waals surface area contributed by atoms with E-state index in [9.17, 15) is 30.6 Å². The summed E-state index contributed by atoms with van der Waals surface area (Å²) in [6, 6.07) is 15.4. The Morgan fingerprint density at radius 1 is 0.667 bits per heavy atom. The zero-order valence-electron chi connectivity index (χ0n) is 22.1. The minimum absolute atomic E-state index is 0.0545. The summed E-state index contributed by atoms with van der Waals surface area (Å²) in [6.07, 6.45) is 0.818. The number of aryl methyl sites for hydroxylation is 2. The third-order valence-corrected chi connectivity index (χ3v) is 7.34. The van der Waals surface area contributed by atoms with Crippen LogP contribution in [-0.4, -0.2) is 66.8 Å². The molecule has 0 aliphatic carbocycles. The van der Waals surface area contributed by atoms with E-state index in [2.05, 4.69) is 13.8 Å². The molecule has 6 N–H and O–H groups in total. The molecule has 202 valence electrons. The summed E-state index contributed by atoms with van der Waals surface area (Å²) in [6.45, 7) is 5.17. The van der Waals surface area contributed by atoms with Gasteiger partial charge in [0.15, 0.2) is 0 Å². The summed E-state index contributed by atoms with van der Waals surface area (Å²) in [7, 11) is 0. The Labute approximate surface area is 216 Å². The first kappa shape index (κ1) is 30.4. The average Bonchev–Trinajstić information content (AvgIpc) is 2.90. The van der Waals surface area contributed by atoms with Crippen molar-refractivity contribution in [1.82, 2.24) is 0 Å². The van der Waals surface area contributed by atoms with Crippen LogP contribution in [0.5, 0.6) is 0 Å². The second kappa shape index (κ2) is 14.2. The van der Waals surface area contributed by atoms with Crippen LogP contribution >= 0.6 is 0 Å². The molecule has 0 fully saturated rings. The minimum atomic E-state index is -2.31. The van der Waals surface area contributed by atoms with Crippen LogP contribution in [-0.2, 0) is 25.7 Å². The van der Waals surface area contributed by atoms with E-state index in [4.69, 9.17) is 0 Å². The van der Waals surface area contributed by atoms with Crippen LogP contribution in [0.1, 0.15) is 75.1 Å². The van der Waals surface area contributed by atoms with Crippen molar-refractivity contribution in [2.45, 2.75) is 108 Å². The van der Waals surface area contributed by atoms with Gasteiger partial charge in [0.25, 0.3) is 0 Å². The topological polar surface area (TPSA) is 121 Å². The van der Waals surface area contributed by atoms with Crippen LogP contribution in [0.2, 0.25) is 0 Å². The molecule has 2 rings (SSSR count). The number of aliphatic hydroxyl groups is 6. The Morgan fingerprint density at radius 3 is 1.47 bits per heavy atom. The first-order valence-electron chi connectivity index (χ1n) is 13.4. The molecular formula is C30H46O6. The maximum atomic E-state index is 11.7. The third-order valence-electron chi connectivity index (χ3n) is 7.34. The molecule has 2 aromatic carbocycles. The van der Waals surface area contributed by atoms with E-state index in [1.807, 2.05) is 48.5 Å². The normalized spacial score (nSPS) is 17.7. The molecule has 0 amide bonds. The summed E-state index contributed by atoms with van der Waals surface area (Å²) in [5, 5.41) is 65.1. The molecule has 1 unspecified atom stereocenters. The predicted octanol–water partition coefficient (Wildman–Crippen LogP) is 3.10. The van der Waals surface area contributed by atoms with Gasteiger partial charge in [0.2, 0.25) is 0 Å². The van der Waals surface area contributed by atoms with Crippen LogP contribution < -0.4 is 0 Å². The van der Waals surface area contributed by atoms with E-state index in [-0.39, 0.29) is 19.3 Å². The van der Waals surface area contributed by atoms with Crippen molar-refractivity contribution >= 4 is 0 Å². The van der Waals surface area contributed by atoms with Gasteiger partial charge in [-0.05, 0) is 54.4 Å². The lowest BCUT2D eigenvalue weighted by molar-refractivity contribution is -0.229. The smallest absolute Gasteiger partial charge is 0.126 e. The van der Waals surface area contributed by atoms with Gasteiger partial charge in [-0.15, -0.1) is 0 Å². The van der Waals surface area contributed by atoms with Gasteiger partial charge in [-0.3, -0.25) is 0 Å². The van der Waals surface area contributed by atoms with E-state index in [1.54, 1.807) is 6.92 Å². The largest absolute Gasteiger partial charge is 0.394 e. The van der Waals surface area contributed by atoms with Crippen molar-refractivity contribution in [3.05, 3.63) is 70.8 Å². The number of benzene rings is 2. The molecule has 0 bridgehead atoms. The standard InChI is InChI=1S/C30H46O6/c1-4-7-9-22-11-15-24(16-12-22)19-29(35,6-3)28(34)30(36,27(33)26(32)21-31)20-25-17-13-23(14-18-25)10-8-5-2/h11-18,26-28,31-36H,4-10,19-21H2,1-3H3/t26-,27+,28+,29?,30+/m0/s1. The molecular weight excluding hydrogens is 456 g/mol. The second-order valence-electron chi connectivity index (χ2n) is 10.2. The molecule has 0 radical (unpaired) electrons. The Bertz CT molecular complexity index is 883. The first-order chi connectivity index (χ1) is 17.1. The van der Waals surface area contributed by atoms with Crippen molar-refractivity contribution in [2.75, 3.05) is 6.61 Å². The quantitative estimate of drug-likeness (QED) is 0.210. The molecule has 0 aliphatic rings. The van der Waals surface area contributed by atoms with E-state index in [0.29, 0.717) is 5.56 Å². The van der Waals surface area contributed by atoms with Crippen LogP contribution in [0.25, 0.3) is 0 Å². The fourth-order valence-electron chi connectivity index (χ4n) is 4.77. The summed E-state index contributed by atoms with van der Waals surface area (Å²) >= 11 is 0. The number of rotatable bonds is 16. The molecule has 6 heteroatoms. The number of hydrogen-bond acceptors (Lipinski definition) is 6. The highest BCUT2D eigenvalue weighted by molar-refractivity contribution is 5.27. The first-order valence-corrected chi connectivity index (χ1v) is 13.4. The lowest BCUT2D eigenvalue weighted by atomic mass is 9.72. The van der Waals surface area contributed by atoms with Crippen molar-refractivity contribution in [3.8, 4) is 0 Å². The maximum absolute atomic E-state index is 11.7. The molecule has 0 saturated heterocycles. The molecule has 5 atom stereocenters. The van der Waals surface area contributed by atoms with Gasteiger partial charge < -0.3 is 30.6 Å². The Kier molecular flexibility index (Phi) is 12.0. The highest BCUT2D eigenvalue weighted by Gasteiger charge is 2.53. The molecule has 0 heterocycles. The van der Waals surface area contributed by atoms with Gasteiger partial charge in [-0.25, -0.2) is 0 Å². The summed E-state index contributed by atoms with van der Waals surface area (Å²) in [5.74, 6) is 0. The number of hydrogen-bond donors (Lipinski definition) is 6. The maximum Gasteiger partial charge on any atom is 0.126 e. The zero-order valence-corrected chi connectivity index (χ0v) is 22.1. The van der Waals surface area contributed by atoms with Gasteiger partial charge in [0.1, 0.15) is 23.9 Å². The predicted molar refractivity (Wildman–Crippen MR) is 143 cm³/mol. The molecule has 36 heavy (non-hydrogen) atoms. The summed E-state index contributed by atoms with van der Waals surface area (Å²) in [5.41, 5.74) is -0.316. The number of unbranched alkanes of at least 4 members (excludes halogenated alkanes) is 2. The van der Waals surface area contributed by atoms with Crippen molar-refractivity contribution in [1.29, 1.82) is 0 Å². The van der Waals surface area contributed by atoms with Gasteiger partial charge >= 0.3 is 0 Å². The highest BCUT2D eigenvalue weighted by atomic mass is 16.4. The van der Waals surface area contributed by atoms with Gasteiger partial charge in [-0.2, -0.15) is 0 Å². The van der Waals surface area contributed by atoms with Crippen LogP contribution in [0.4, 0.5) is 0 Å². The molecule has 0 aromatic heterocycles. The van der Waals surface area contributed by atoms with Crippen molar-refractivity contribution in [2.24, 2.45) is 0 Å². The van der Waals surface area contributed by atoms with Crippen molar-refractivity contribution < 1.29 is 30.6 Å². The minimum Gasteiger partial charge on any atom is -0.394 e. The fraction of sp³-hybridized carbons (Fsp3) is 0.600. The molecule has 0 spiro atoms. The lowest BCUT2D eigenvalue weighted by Gasteiger charge is -2.45.